The van der Waals surface area contributed by atoms with Crippen LogP contribution in [0.5, 0.6) is 11.5 Å². The molecule has 308 valence electrons. The second kappa shape index (κ2) is 23.5. The average molecular weight is 824 g/mol. The van der Waals surface area contributed by atoms with Gasteiger partial charge in [0.05, 0.1) is 11.6 Å². The molecule has 2 atom stereocenters. The van der Waals surface area contributed by atoms with Crippen molar-refractivity contribution in [3.8, 4) is 24.0 Å². The van der Waals surface area contributed by atoms with Gasteiger partial charge in [0.15, 0.2) is 5.78 Å². The smallest absolute Gasteiger partial charge is 0.488 e. The number of nitrogens with zero attached hydrogens (tertiary/aromatic N) is 2. The van der Waals surface area contributed by atoms with Gasteiger partial charge in [-0.3, -0.25) is 19.2 Å². The van der Waals surface area contributed by atoms with Gasteiger partial charge in [0.1, 0.15) is 49.4 Å². The molecule has 2 heterocycles. The molecule has 6 rings (SSSR count). The number of carboxylic acid groups (broad SMARTS) is 1. The number of hydrogen-bond acceptors (Lipinski definition) is 14. The molecule has 2 unspecified atom stereocenters. The van der Waals surface area contributed by atoms with E-state index in [-0.39, 0.29) is 69.3 Å². The largest absolute Gasteiger partial charge is 0.493 e. The minimum Gasteiger partial charge on any atom is -0.493 e. The van der Waals surface area contributed by atoms with E-state index in [1.165, 1.54) is 18.4 Å². The van der Waals surface area contributed by atoms with E-state index in [9.17, 15) is 28.0 Å². The molecule has 2 aliphatic heterocycles. The third-order valence-electron chi connectivity index (χ3n) is 9.10. The van der Waals surface area contributed by atoms with E-state index in [2.05, 4.69) is 9.39 Å². The van der Waals surface area contributed by atoms with E-state index < -0.39 is 50.5 Å². The average Bonchev–Trinajstić information content (AvgIpc) is 3.78. The zero-order valence-electron chi connectivity index (χ0n) is 31.9. The Kier molecular flexibility index (Phi) is 17.9. The first-order chi connectivity index (χ1) is 28.9. The highest BCUT2D eigenvalue weighted by Gasteiger charge is 2.44. The van der Waals surface area contributed by atoms with Crippen molar-refractivity contribution >= 4 is 50.1 Å². The van der Waals surface area contributed by atoms with Crippen LogP contribution in [-0.4, -0.2) is 72.8 Å². The summed E-state index contributed by atoms with van der Waals surface area (Å²) in [6.07, 6.45) is 3.40. The molecule has 15 nitrogen and oxygen atoms in total. The fraction of sp³-hybridized carbons (Fsp3) is 0.250. The summed E-state index contributed by atoms with van der Waals surface area (Å²) in [5.74, 6) is -2.91. The number of carbonyl (C=O) groups is 4. The number of esters is 2. The molecule has 0 radical (unpaired) electrons. The molecule has 0 spiro atoms. The lowest BCUT2D eigenvalue weighted by molar-refractivity contribution is -0.141. The molecular weight excluding hydrogens is 787 g/mol. The maximum Gasteiger partial charge on any atom is 0.488 e. The van der Waals surface area contributed by atoms with Gasteiger partial charge in [-0.25, -0.2) is 8.78 Å². The third-order valence-corrected chi connectivity index (χ3v) is 9.10. The summed E-state index contributed by atoms with van der Waals surface area (Å²) >= 11 is 0. The lowest BCUT2D eigenvalue weighted by Gasteiger charge is -2.10. The monoisotopic (exact) mass is 824 g/mol. The van der Waals surface area contributed by atoms with Gasteiger partial charge in [-0.15, -0.1) is 0 Å². The highest BCUT2D eigenvalue weighted by atomic mass is 19.1. The number of aliphatic carboxylic acids is 1. The predicted octanol–water partition coefficient (Wildman–Crippen LogP) is 4.21. The minimum atomic E-state index is -1.49. The Morgan fingerprint density at radius 1 is 0.700 bits per heavy atom. The Morgan fingerprint density at radius 2 is 1.13 bits per heavy atom. The van der Waals surface area contributed by atoms with Gasteiger partial charge >= 0.3 is 38.9 Å². The molecule has 2 saturated heterocycles. The number of carbonyl (C=O) groups excluding carboxylic acids is 3. The zero-order chi connectivity index (χ0) is 43.4. The molecule has 4 aromatic rings. The van der Waals surface area contributed by atoms with Crippen molar-refractivity contribution in [1.82, 2.24) is 0 Å². The van der Waals surface area contributed by atoms with Crippen molar-refractivity contribution in [3.63, 3.8) is 0 Å². The predicted molar refractivity (Wildman–Crippen MR) is 209 cm³/mol. The molecule has 0 saturated carbocycles. The van der Waals surface area contributed by atoms with Crippen LogP contribution in [-0.2, 0) is 46.4 Å². The van der Waals surface area contributed by atoms with E-state index in [1.54, 1.807) is 91.2 Å². The first kappa shape index (κ1) is 45.8. The molecule has 0 aliphatic carbocycles. The van der Waals surface area contributed by atoms with Crippen LogP contribution in [0.4, 0.5) is 8.78 Å². The van der Waals surface area contributed by atoms with Gasteiger partial charge in [0, 0.05) is 29.5 Å². The summed E-state index contributed by atoms with van der Waals surface area (Å²) < 4.78 is 56.8. The number of ketones is 1. The Labute approximate surface area is 344 Å². The number of hydrogen-bond donors (Lipinski definition) is 3. The Bertz CT molecular complexity index is 2150. The van der Waals surface area contributed by atoms with E-state index in [0.717, 1.165) is 0 Å². The standard InChI is InChI=1S/C20H17BFNO5.C13H12BFO3.C7H8BNO5/c22-18-4-2-1-3-15(18)11-26-16-7-5-14(6-8-16)19(24)10-9-17-20(25)27-12-21(17)28-13-23;15-13-4-2-1-3-10(13)9-18-12-7-5-11(6-8-12)14(16)17;9-4-14-8-3-13-7(12)5(8)1-2-6(10)11/h1-8,17H,9-12H2;1-8,16-17H,9H2;5H,1-3H2,(H,10,11). The number of rotatable bonds is 16. The molecule has 0 bridgehead atoms. The normalized spacial score (nSPS) is 15.0. The summed E-state index contributed by atoms with van der Waals surface area (Å²) in [5, 5.41) is 43.1. The van der Waals surface area contributed by atoms with Crippen molar-refractivity contribution in [2.75, 3.05) is 13.0 Å². The fourth-order valence-electron chi connectivity index (χ4n) is 5.79. The van der Waals surface area contributed by atoms with Crippen LogP contribution in [0.3, 0.4) is 0 Å². The van der Waals surface area contributed by atoms with E-state index >= 15 is 0 Å². The fourth-order valence-corrected chi connectivity index (χ4v) is 5.79. The van der Waals surface area contributed by atoms with Crippen molar-refractivity contribution in [2.24, 2.45) is 0 Å². The molecule has 20 heteroatoms. The lowest BCUT2D eigenvalue weighted by Crippen LogP contribution is -2.29. The van der Waals surface area contributed by atoms with Gasteiger partial charge in [-0.05, 0) is 66.8 Å². The SMILES string of the molecule is N#COB1COC(=O)C1CCC(=O)O.N#COB1COC(=O)C1CCC(=O)c1ccc(OCc2ccccc2F)cc1.OB(O)c1ccc(OCc2ccccc2F)cc1. The summed E-state index contributed by atoms with van der Waals surface area (Å²) in [4.78, 5) is 45.4. The van der Waals surface area contributed by atoms with Crippen molar-refractivity contribution in [1.29, 1.82) is 10.5 Å². The van der Waals surface area contributed by atoms with Crippen LogP contribution >= 0.6 is 0 Å². The number of carboxylic acids is 1. The highest BCUT2D eigenvalue weighted by molar-refractivity contribution is 6.61. The number of Topliss-reactive ketones (excluding diaryl/α,β-unsaturated/α-hetero) is 1. The van der Waals surface area contributed by atoms with Gasteiger partial charge in [-0.1, -0.05) is 48.5 Å². The molecule has 3 N–H and O–H groups in total. The van der Waals surface area contributed by atoms with Crippen LogP contribution in [0, 0.1) is 34.7 Å². The van der Waals surface area contributed by atoms with Crippen LogP contribution in [0.2, 0.25) is 11.6 Å². The molecule has 2 fully saturated rings. The number of cyclic esters (lactones) is 2. The first-order valence-electron chi connectivity index (χ1n) is 18.4. The van der Waals surface area contributed by atoms with Crippen LogP contribution in [0.1, 0.15) is 47.2 Å². The van der Waals surface area contributed by atoms with Gasteiger partial charge < -0.3 is 43.4 Å². The Hall–Kier alpha value is -6.89. The van der Waals surface area contributed by atoms with Crippen molar-refractivity contribution < 1.29 is 71.4 Å². The molecule has 0 amide bonds. The first-order valence-corrected chi connectivity index (χ1v) is 18.4. The van der Waals surface area contributed by atoms with Crippen molar-refractivity contribution in [3.05, 3.63) is 125 Å². The third kappa shape index (κ3) is 14.2. The van der Waals surface area contributed by atoms with Crippen LogP contribution in [0.25, 0.3) is 0 Å². The van der Waals surface area contributed by atoms with E-state index in [1.807, 2.05) is 0 Å². The maximum atomic E-state index is 13.6. The maximum absolute atomic E-state index is 13.6. The van der Waals surface area contributed by atoms with E-state index in [0.29, 0.717) is 33.7 Å². The summed E-state index contributed by atoms with van der Waals surface area (Å²) in [6, 6.07) is 25.6. The molecule has 60 heavy (non-hydrogen) atoms. The number of benzene rings is 4. The molecule has 0 aromatic heterocycles. The molecule has 2 aliphatic rings. The lowest BCUT2D eigenvalue weighted by atomic mass is 9.57. The zero-order valence-corrected chi connectivity index (χ0v) is 31.9. The summed E-state index contributed by atoms with van der Waals surface area (Å²) in [5.41, 5.74) is 1.78. The quantitative estimate of drug-likeness (QED) is 0.0622. The molecule has 4 aromatic carbocycles. The van der Waals surface area contributed by atoms with Gasteiger partial charge in [-0.2, -0.15) is 10.5 Å². The van der Waals surface area contributed by atoms with Gasteiger partial charge in [0.2, 0.25) is 0 Å². The van der Waals surface area contributed by atoms with E-state index in [4.69, 9.17) is 44.5 Å². The number of halogens is 2. The number of ether oxygens (including phenoxy) is 4. The summed E-state index contributed by atoms with van der Waals surface area (Å²) in [6.45, 7) is -1.00. The second-order valence-corrected chi connectivity index (χ2v) is 13.1. The Morgan fingerprint density at radius 3 is 1.55 bits per heavy atom. The molecular formula is C40H37B3F2N2O13. The Balaban J connectivity index is 0.000000213. The number of nitriles is 2. The van der Waals surface area contributed by atoms with Crippen molar-refractivity contribution in [2.45, 2.75) is 50.5 Å². The van der Waals surface area contributed by atoms with Gasteiger partial charge in [0.25, 0.3) is 12.5 Å². The topological polar surface area (TPSA) is 232 Å². The van der Waals surface area contributed by atoms with Crippen LogP contribution in [0.15, 0.2) is 97.1 Å². The summed E-state index contributed by atoms with van der Waals surface area (Å²) in [7, 11) is -1.49. The highest BCUT2D eigenvalue weighted by Crippen LogP contribution is 2.28. The van der Waals surface area contributed by atoms with Crippen LogP contribution < -0.4 is 14.9 Å². The minimum absolute atomic E-state index is 0.0245. The second-order valence-electron chi connectivity index (χ2n) is 13.1.